The predicted octanol–water partition coefficient (Wildman–Crippen LogP) is 4.14. The average molecular weight is 255 g/mol. The monoisotopic (exact) mass is 255 g/mol. The van der Waals surface area contributed by atoms with Gasteiger partial charge in [0.2, 0.25) is 0 Å². The molecule has 18 heavy (non-hydrogen) atoms. The molecular weight excluding hydrogens is 222 g/mol. The van der Waals surface area contributed by atoms with Crippen LogP contribution in [0.25, 0.3) is 0 Å². The summed E-state index contributed by atoms with van der Waals surface area (Å²) in [7, 11) is 2.10. The maximum atomic E-state index is 6.11. The lowest BCUT2D eigenvalue weighted by atomic mass is 9.81. The van der Waals surface area contributed by atoms with E-state index in [0.717, 1.165) is 12.5 Å². The molecule has 0 spiro atoms. The summed E-state index contributed by atoms with van der Waals surface area (Å²) >= 11 is 0. The minimum atomic E-state index is 0.0621. The second-order valence-electron chi connectivity index (χ2n) is 6.11. The summed E-state index contributed by atoms with van der Waals surface area (Å²) in [5.41, 5.74) is 0.0621. The van der Waals surface area contributed by atoms with Crippen molar-refractivity contribution in [3.8, 4) is 0 Å². The second kappa shape index (κ2) is 8.16. The van der Waals surface area contributed by atoms with Crippen LogP contribution in [0.3, 0.4) is 0 Å². The Bertz CT molecular complexity index is 211. The van der Waals surface area contributed by atoms with Gasteiger partial charge in [-0.05, 0) is 45.6 Å². The first kappa shape index (κ1) is 16.0. The Balaban J connectivity index is 2.52. The predicted molar refractivity (Wildman–Crippen MR) is 79.0 cm³/mol. The first-order valence-electron chi connectivity index (χ1n) is 7.97. The Morgan fingerprint density at radius 3 is 2.56 bits per heavy atom. The normalized spacial score (nSPS) is 28.0. The van der Waals surface area contributed by atoms with Gasteiger partial charge in [0.05, 0.1) is 5.60 Å². The van der Waals surface area contributed by atoms with Crippen LogP contribution in [0.1, 0.15) is 72.1 Å². The summed E-state index contributed by atoms with van der Waals surface area (Å²) in [6, 6.07) is 0.514. The van der Waals surface area contributed by atoms with Crippen molar-refractivity contribution >= 4 is 0 Å². The van der Waals surface area contributed by atoms with E-state index < -0.39 is 0 Å². The number of hydrogen-bond acceptors (Lipinski definition) is 2. The minimum absolute atomic E-state index is 0.0621. The smallest absolute Gasteiger partial charge is 0.0806 e. The van der Waals surface area contributed by atoms with Gasteiger partial charge in [-0.15, -0.1) is 0 Å². The highest BCUT2D eigenvalue weighted by atomic mass is 16.5. The van der Waals surface area contributed by atoms with Crippen LogP contribution in [0.4, 0.5) is 0 Å². The first-order valence-corrected chi connectivity index (χ1v) is 7.97. The van der Waals surface area contributed by atoms with Gasteiger partial charge >= 0.3 is 0 Å². The molecule has 0 bridgehead atoms. The Morgan fingerprint density at radius 1 is 1.28 bits per heavy atom. The largest absolute Gasteiger partial charge is 0.374 e. The van der Waals surface area contributed by atoms with Crippen LogP contribution >= 0.6 is 0 Å². The van der Waals surface area contributed by atoms with Gasteiger partial charge in [0.1, 0.15) is 0 Å². The van der Waals surface area contributed by atoms with E-state index >= 15 is 0 Å². The van der Waals surface area contributed by atoms with E-state index in [1.54, 1.807) is 0 Å². The molecule has 0 radical (unpaired) electrons. The Labute approximate surface area is 114 Å². The lowest BCUT2D eigenvalue weighted by Crippen LogP contribution is -2.51. The third-order valence-electron chi connectivity index (χ3n) is 4.70. The van der Waals surface area contributed by atoms with Gasteiger partial charge < -0.3 is 10.1 Å². The fourth-order valence-corrected chi connectivity index (χ4v) is 3.22. The number of rotatable bonds is 8. The van der Waals surface area contributed by atoms with E-state index in [4.69, 9.17) is 4.74 Å². The van der Waals surface area contributed by atoms with Crippen LogP contribution in [0, 0.1) is 5.92 Å². The lowest BCUT2D eigenvalue weighted by Gasteiger charge is -2.42. The van der Waals surface area contributed by atoms with Gasteiger partial charge in [0.25, 0.3) is 0 Å². The molecule has 3 atom stereocenters. The van der Waals surface area contributed by atoms with Crippen molar-refractivity contribution < 1.29 is 4.74 Å². The van der Waals surface area contributed by atoms with Crippen molar-refractivity contribution in [2.45, 2.75) is 83.8 Å². The maximum Gasteiger partial charge on any atom is 0.0806 e. The van der Waals surface area contributed by atoms with Crippen molar-refractivity contribution in [3.63, 3.8) is 0 Å². The molecule has 108 valence electrons. The summed E-state index contributed by atoms with van der Waals surface area (Å²) in [5, 5.41) is 3.53. The second-order valence-corrected chi connectivity index (χ2v) is 6.11. The molecular formula is C16H33NO. The third-order valence-corrected chi connectivity index (χ3v) is 4.70. The summed E-state index contributed by atoms with van der Waals surface area (Å²) in [6.07, 6.45) is 10.4. The third kappa shape index (κ3) is 4.55. The molecule has 0 aromatic rings. The molecule has 1 N–H and O–H groups in total. The molecule has 0 aromatic carbocycles. The maximum absolute atomic E-state index is 6.11. The molecule has 0 saturated carbocycles. The molecule has 0 aromatic heterocycles. The Morgan fingerprint density at radius 2 is 2.06 bits per heavy atom. The minimum Gasteiger partial charge on any atom is -0.374 e. The fraction of sp³-hybridized carbons (Fsp3) is 1.00. The van der Waals surface area contributed by atoms with Crippen molar-refractivity contribution in [1.82, 2.24) is 5.32 Å². The highest BCUT2D eigenvalue weighted by Gasteiger charge is 2.36. The summed E-state index contributed by atoms with van der Waals surface area (Å²) < 4.78 is 6.11. The van der Waals surface area contributed by atoms with E-state index in [0.29, 0.717) is 6.04 Å². The quantitative estimate of drug-likeness (QED) is 0.704. The molecule has 2 heteroatoms. The Hall–Kier alpha value is -0.0800. The molecule has 1 heterocycles. The number of hydrogen-bond donors (Lipinski definition) is 1. The summed E-state index contributed by atoms with van der Waals surface area (Å²) in [5.74, 6) is 0.852. The molecule has 2 nitrogen and oxygen atoms in total. The number of likely N-dealkylation sites (N-methyl/N-ethyl adjacent to an activating group) is 1. The molecule has 3 unspecified atom stereocenters. The standard InChI is InChI=1S/C16H33NO/c1-5-7-10-14(6-2)13-15(17-4)16(3)11-8-9-12-18-16/h14-15,17H,5-13H2,1-4H3. The van der Waals surface area contributed by atoms with Gasteiger partial charge in [-0.2, -0.15) is 0 Å². The zero-order chi connectivity index (χ0) is 13.4. The average Bonchev–Trinajstić information content (AvgIpc) is 2.40. The van der Waals surface area contributed by atoms with Crippen LogP contribution in [-0.2, 0) is 4.74 Å². The number of ether oxygens (including phenoxy) is 1. The summed E-state index contributed by atoms with van der Waals surface area (Å²) in [4.78, 5) is 0. The lowest BCUT2D eigenvalue weighted by molar-refractivity contribution is -0.0915. The highest BCUT2D eigenvalue weighted by Crippen LogP contribution is 2.32. The fourth-order valence-electron chi connectivity index (χ4n) is 3.22. The van der Waals surface area contributed by atoms with Gasteiger partial charge in [0.15, 0.2) is 0 Å². The van der Waals surface area contributed by atoms with E-state index in [-0.39, 0.29) is 5.60 Å². The van der Waals surface area contributed by atoms with Gasteiger partial charge in [-0.1, -0.05) is 39.5 Å². The van der Waals surface area contributed by atoms with Crippen LogP contribution in [0.2, 0.25) is 0 Å². The van der Waals surface area contributed by atoms with E-state index in [1.165, 1.54) is 51.4 Å². The zero-order valence-corrected chi connectivity index (χ0v) is 12.9. The molecule has 1 saturated heterocycles. The Kier molecular flexibility index (Phi) is 7.25. The highest BCUT2D eigenvalue weighted by molar-refractivity contribution is 4.91. The van der Waals surface area contributed by atoms with Gasteiger partial charge in [-0.3, -0.25) is 0 Å². The topological polar surface area (TPSA) is 21.3 Å². The molecule has 1 rings (SSSR count). The van der Waals surface area contributed by atoms with Crippen LogP contribution in [0.5, 0.6) is 0 Å². The number of nitrogens with one attached hydrogen (secondary N) is 1. The van der Waals surface area contributed by atoms with Gasteiger partial charge in [-0.25, -0.2) is 0 Å². The van der Waals surface area contributed by atoms with Crippen molar-refractivity contribution in [3.05, 3.63) is 0 Å². The van der Waals surface area contributed by atoms with Gasteiger partial charge in [0, 0.05) is 12.6 Å². The molecule has 1 fully saturated rings. The molecule has 1 aliphatic heterocycles. The molecule has 0 amide bonds. The van der Waals surface area contributed by atoms with Crippen LogP contribution in [-0.4, -0.2) is 25.3 Å². The van der Waals surface area contributed by atoms with Crippen molar-refractivity contribution in [2.75, 3.05) is 13.7 Å². The van der Waals surface area contributed by atoms with Crippen LogP contribution in [0.15, 0.2) is 0 Å². The zero-order valence-electron chi connectivity index (χ0n) is 12.9. The van der Waals surface area contributed by atoms with E-state index in [9.17, 15) is 0 Å². The first-order chi connectivity index (χ1) is 8.66. The number of unbranched alkanes of at least 4 members (excludes halogenated alkanes) is 1. The van der Waals surface area contributed by atoms with E-state index in [2.05, 4.69) is 33.1 Å². The SMILES string of the molecule is CCCCC(CC)CC(NC)C1(C)CCCCO1. The van der Waals surface area contributed by atoms with Crippen molar-refractivity contribution in [2.24, 2.45) is 5.92 Å². The van der Waals surface area contributed by atoms with Crippen molar-refractivity contribution in [1.29, 1.82) is 0 Å². The van der Waals surface area contributed by atoms with E-state index in [1.807, 2.05) is 0 Å². The summed E-state index contributed by atoms with van der Waals surface area (Å²) in [6.45, 7) is 7.87. The molecule has 1 aliphatic rings. The molecule has 0 aliphatic carbocycles. The van der Waals surface area contributed by atoms with Crippen LogP contribution < -0.4 is 5.32 Å².